The van der Waals surface area contributed by atoms with E-state index in [0.29, 0.717) is 43.7 Å². The molecule has 5 aromatic rings. The fourth-order valence-electron chi connectivity index (χ4n) is 8.62. The summed E-state index contributed by atoms with van der Waals surface area (Å²) in [5, 5.41) is 19.7. The van der Waals surface area contributed by atoms with Crippen molar-refractivity contribution in [2.24, 2.45) is 27.9 Å². The number of esters is 2. The highest BCUT2D eigenvalue weighted by molar-refractivity contribution is 6.48. The second kappa shape index (κ2) is 27.2. The van der Waals surface area contributed by atoms with Gasteiger partial charge in [-0.15, -0.1) is 0 Å². The van der Waals surface area contributed by atoms with Gasteiger partial charge in [-0.25, -0.2) is 4.79 Å². The average molecular weight is 950 g/mol. The van der Waals surface area contributed by atoms with Crippen LogP contribution in [0.4, 0.5) is 0 Å². The Labute approximate surface area is 410 Å². The molecule has 1 aliphatic rings. The summed E-state index contributed by atoms with van der Waals surface area (Å²) in [7, 11) is 2.74. The minimum Gasteiger partial charge on any atom is -0.469 e. The fraction of sp³-hybridized carbons (Fsp3) is 0.482. The van der Waals surface area contributed by atoms with Crippen LogP contribution in [0.5, 0.6) is 0 Å². The molecule has 2 heterocycles. The van der Waals surface area contributed by atoms with Gasteiger partial charge in [0.25, 0.3) is 6.92 Å². The zero-order valence-corrected chi connectivity index (χ0v) is 42.3. The van der Waals surface area contributed by atoms with Crippen molar-refractivity contribution >= 4 is 18.9 Å². The molecule has 5 atom stereocenters. The van der Waals surface area contributed by atoms with Crippen LogP contribution in [0.1, 0.15) is 89.4 Å². The number of nitrogens with two attached hydrogens (primary N) is 1. The first-order chi connectivity index (χ1) is 32.8. The number of hydrogen-bond donors (Lipinski definition) is 3. The van der Waals surface area contributed by atoms with E-state index in [9.17, 15) is 24.5 Å². The van der Waals surface area contributed by atoms with Crippen molar-refractivity contribution in [3.63, 3.8) is 0 Å². The Balaban J connectivity index is 0.000000250. The van der Waals surface area contributed by atoms with Gasteiger partial charge in [0, 0.05) is 19.1 Å². The number of methoxy groups -OCH3 is 2. The lowest BCUT2D eigenvalue weighted by Gasteiger charge is -2.33. The van der Waals surface area contributed by atoms with E-state index < -0.39 is 29.5 Å². The predicted molar refractivity (Wildman–Crippen MR) is 273 cm³/mol. The summed E-state index contributed by atoms with van der Waals surface area (Å²) in [6.45, 7) is 13.6. The van der Waals surface area contributed by atoms with Gasteiger partial charge in [0.05, 0.1) is 38.3 Å². The largest absolute Gasteiger partial charge is 0.519 e. The lowest BCUT2D eigenvalue weighted by Crippen LogP contribution is -2.40. The van der Waals surface area contributed by atoms with Crippen molar-refractivity contribution in [3.8, 4) is 22.3 Å². The molecule has 4 aromatic carbocycles. The number of hydrogen-bond acceptors (Lipinski definition) is 12. The van der Waals surface area contributed by atoms with Gasteiger partial charge in [-0.2, -0.15) is 0 Å². The molecule has 0 radical (unpaired) electrons. The lowest BCUT2D eigenvalue weighted by atomic mass is 9.60. The Morgan fingerprint density at radius 3 is 1.68 bits per heavy atom. The van der Waals surface area contributed by atoms with Gasteiger partial charge in [-0.05, 0) is 117 Å². The van der Waals surface area contributed by atoms with Crippen LogP contribution >= 0.6 is 0 Å². The fourth-order valence-corrected chi connectivity index (χ4v) is 8.62. The topological polar surface area (TPSA) is 181 Å². The zero-order valence-electron chi connectivity index (χ0n) is 42.3. The van der Waals surface area contributed by atoms with Gasteiger partial charge >= 0.3 is 17.8 Å². The maximum atomic E-state index is 12.8. The molecule has 1 aromatic heterocycles. The normalized spacial score (nSPS) is 16.2. The van der Waals surface area contributed by atoms with Gasteiger partial charge in [-0.3, -0.25) is 9.59 Å². The Bertz CT molecular complexity index is 2320. The first-order valence-electron chi connectivity index (χ1n) is 24.1. The van der Waals surface area contributed by atoms with Gasteiger partial charge in [-0.1, -0.05) is 137 Å². The van der Waals surface area contributed by atoms with Crippen LogP contribution in [0.2, 0.25) is 13.1 Å². The Morgan fingerprint density at radius 1 is 0.739 bits per heavy atom. The number of ether oxygens (including phenoxy) is 4. The quantitative estimate of drug-likeness (QED) is 0.0527. The first-order valence-corrected chi connectivity index (χ1v) is 24.1. The minimum atomic E-state index is -0.960. The average Bonchev–Trinajstić information content (AvgIpc) is 3.65. The van der Waals surface area contributed by atoms with Crippen molar-refractivity contribution < 1.29 is 47.5 Å². The Morgan fingerprint density at radius 2 is 1.25 bits per heavy atom. The van der Waals surface area contributed by atoms with Crippen molar-refractivity contribution in [1.82, 2.24) is 0 Å². The van der Waals surface area contributed by atoms with Crippen LogP contribution < -0.4 is 11.6 Å². The van der Waals surface area contributed by atoms with E-state index >= 15 is 0 Å². The molecule has 4 N–H and O–H groups in total. The highest BCUT2D eigenvalue weighted by Gasteiger charge is 2.39. The van der Waals surface area contributed by atoms with Crippen LogP contribution in [-0.2, 0) is 47.8 Å². The highest BCUT2D eigenvalue weighted by Crippen LogP contribution is 2.34. The number of rotatable bonds is 19. The monoisotopic (exact) mass is 950 g/mol. The summed E-state index contributed by atoms with van der Waals surface area (Å²) < 4.78 is 31.2. The van der Waals surface area contributed by atoms with Crippen molar-refractivity contribution in [3.05, 3.63) is 142 Å². The summed E-state index contributed by atoms with van der Waals surface area (Å²) in [4.78, 5) is 35.3. The molecule has 1 unspecified atom stereocenters. The van der Waals surface area contributed by atoms with Crippen molar-refractivity contribution in [1.29, 1.82) is 0 Å². The Hall–Kier alpha value is -5.31. The van der Waals surface area contributed by atoms with Crippen LogP contribution in [-0.4, -0.2) is 75.4 Å². The van der Waals surface area contributed by atoms with Crippen LogP contribution in [0.3, 0.4) is 0 Å². The standard InChI is InChI=1S/C27H37BO5.C20H25NO3.C9H14O3/c1-27(26(29)31-3,20-33-25-11-7-8-16-32-25)18-22(19-28(2)30)17-21-12-14-24(15-13-21)23-9-5-4-6-10-23;1-20(14-22,19(23)24-2)13-18(21)12-15-8-10-17(11-9-15)16-6-4-3-5-7-16;1-6-7(5-9(2,3)4)12-8(10)11-6/h4-6,9-10,12-15,22,25,30H,7-8,11,16-20H2,1-3H3;3-11,18,22H,12-14,21H2,1-2H3;5H2,1-4H3/t22-,25?,27+;18-,20+;/m11./s1. The number of carbonyl (C=O) groups excluding carboxylic acids is 2. The second-order valence-electron chi connectivity index (χ2n) is 20.2. The maximum absolute atomic E-state index is 12.8. The number of aliphatic hydroxyl groups excluding tert-OH is 1. The van der Waals surface area contributed by atoms with Crippen molar-refractivity contribution in [2.75, 3.05) is 34.0 Å². The maximum Gasteiger partial charge on any atom is 0.519 e. The van der Waals surface area contributed by atoms with E-state index in [1.165, 1.54) is 36.5 Å². The van der Waals surface area contributed by atoms with Gasteiger partial charge in [0.1, 0.15) is 11.5 Å². The Kier molecular flexibility index (Phi) is 22.2. The third-order valence-corrected chi connectivity index (χ3v) is 12.2. The van der Waals surface area contributed by atoms with E-state index in [2.05, 4.69) is 93.6 Å². The minimum absolute atomic E-state index is 0.104. The van der Waals surface area contributed by atoms with Gasteiger partial charge in [0.2, 0.25) is 0 Å². The molecular weight excluding hydrogens is 873 g/mol. The van der Waals surface area contributed by atoms with E-state index in [0.717, 1.165) is 43.2 Å². The predicted octanol–water partition coefficient (Wildman–Crippen LogP) is 10.2. The molecule has 13 heteroatoms. The number of carbonyl (C=O) groups is 2. The number of aliphatic hydroxyl groups is 1. The summed E-state index contributed by atoms with van der Waals surface area (Å²) in [6, 6.07) is 37.0. The van der Waals surface area contributed by atoms with Crippen LogP contribution in [0.15, 0.2) is 123 Å². The molecule has 1 aliphatic heterocycles. The van der Waals surface area contributed by atoms with E-state index in [4.69, 9.17) is 33.5 Å². The first kappa shape index (κ1) is 56.3. The second-order valence-corrected chi connectivity index (χ2v) is 20.2. The lowest BCUT2D eigenvalue weighted by molar-refractivity contribution is -0.189. The molecule has 0 aliphatic carbocycles. The molecule has 0 bridgehead atoms. The molecule has 1 saturated heterocycles. The molecule has 6 rings (SSSR count). The number of aryl methyl sites for hydroxylation is 1. The number of benzene rings is 4. The molecule has 374 valence electrons. The molecule has 12 nitrogen and oxygen atoms in total. The van der Waals surface area contributed by atoms with Gasteiger partial charge < -0.3 is 43.6 Å². The van der Waals surface area contributed by atoms with E-state index in [-0.39, 0.29) is 42.8 Å². The van der Waals surface area contributed by atoms with Crippen molar-refractivity contribution in [2.45, 2.75) is 118 Å². The molecule has 0 spiro atoms. The van der Waals surface area contributed by atoms with Gasteiger partial charge in [0.15, 0.2) is 6.29 Å². The molecular formula is C56H76BNO11. The molecule has 0 saturated carbocycles. The highest BCUT2D eigenvalue weighted by atomic mass is 16.7. The van der Waals surface area contributed by atoms with Crippen LogP contribution in [0.25, 0.3) is 22.3 Å². The molecule has 0 amide bonds. The SMILES string of the molecule is COC(=O)[C@](C)(CO)C[C@H](N)Cc1ccc(-c2ccccc2)cc1.COC(=O)[C@](C)(COC1CCCCO1)C[C@H](CB(C)O)Cc1ccc(-c2ccccc2)cc1.Cc1oc(=O)oc1CC(C)(C)C. The van der Waals surface area contributed by atoms with Crippen LogP contribution in [0, 0.1) is 29.1 Å². The molecule has 1 fully saturated rings. The zero-order chi connectivity index (χ0) is 50.6. The third-order valence-electron chi connectivity index (χ3n) is 12.2. The third kappa shape index (κ3) is 18.8. The summed E-state index contributed by atoms with van der Waals surface area (Å²) in [6.07, 6.45) is 6.39. The smallest absolute Gasteiger partial charge is 0.469 e. The summed E-state index contributed by atoms with van der Waals surface area (Å²) in [5.41, 5.74) is 11.5. The van der Waals surface area contributed by atoms with E-state index in [1.807, 2.05) is 43.3 Å². The van der Waals surface area contributed by atoms with E-state index in [1.54, 1.807) is 20.7 Å². The summed E-state index contributed by atoms with van der Waals surface area (Å²) in [5.74, 6) is 0.0370. The molecule has 69 heavy (non-hydrogen) atoms. The summed E-state index contributed by atoms with van der Waals surface area (Å²) >= 11 is 0.